The van der Waals surface area contributed by atoms with Crippen LogP contribution in [0.2, 0.25) is 0 Å². The molecule has 7 heteroatoms. The van der Waals surface area contributed by atoms with Crippen molar-refractivity contribution in [3.05, 3.63) is 63.5 Å². The molecule has 3 aromatic heterocycles. The van der Waals surface area contributed by atoms with Gasteiger partial charge in [-0.1, -0.05) is 30.3 Å². The van der Waals surface area contributed by atoms with E-state index in [0.29, 0.717) is 11.8 Å². The quantitative estimate of drug-likeness (QED) is 0.560. The first-order valence-electron chi connectivity index (χ1n) is 8.83. The standard InChI is InChI=1S/C19H19N5OS/c1-22-18(25)17-15(9-11-26-17)24-16(20-21-19(22)24)12-23-10-5-8-14(23)13-6-3-2-4-7-13/h2-4,6-7,9,11,14H,5,8,10,12H2,1H3. The SMILES string of the molecule is Cn1c(=O)c2sccc2n2c(CN3CCCC3c3ccccc3)nnc12. The number of thiophene rings is 1. The third-order valence-electron chi connectivity index (χ3n) is 5.29. The van der Waals surface area contributed by atoms with Crippen LogP contribution in [0.25, 0.3) is 16.0 Å². The van der Waals surface area contributed by atoms with E-state index in [1.165, 1.54) is 23.3 Å². The molecule has 26 heavy (non-hydrogen) atoms. The Hall–Kier alpha value is -2.51. The number of aromatic nitrogens is 4. The molecule has 0 radical (unpaired) electrons. The average molecular weight is 365 g/mol. The van der Waals surface area contributed by atoms with Gasteiger partial charge >= 0.3 is 0 Å². The second-order valence-corrected chi connectivity index (χ2v) is 7.71. The highest BCUT2D eigenvalue weighted by molar-refractivity contribution is 7.17. The van der Waals surface area contributed by atoms with Gasteiger partial charge in [0.2, 0.25) is 5.78 Å². The van der Waals surface area contributed by atoms with Crippen molar-refractivity contribution in [2.45, 2.75) is 25.4 Å². The Morgan fingerprint density at radius 3 is 2.88 bits per heavy atom. The van der Waals surface area contributed by atoms with Gasteiger partial charge in [-0.15, -0.1) is 21.5 Å². The summed E-state index contributed by atoms with van der Waals surface area (Å²) in [7, 11) is 1.76. The summed E-state index contributed by atoms with van der Waals surface area (Å²) in [5.74, 6) is 1.49. The molecule has 0 aliphatic carbocycles. The van der Waals surface area contributed by atoms with Crippen molar-refractivity contribution in [3.63, 3.8) is 0 Å². The summed E-state index contributed by atoms with van der Waals surface area (Å²) in [6, 6.07) is 13.1. The molecule has 4 heterocycles. The Labute approximate surface area is 154 Å². The van der Waals surface area contributed by atoms with Crippen LogP contribution in [0.15, 0.2) is 46.6 Å². The largest absolute Gasteiger partial charge is 0.289 e. The number of nitrogens with zero attached hydrogens (tertiary/aromatic N) is 5. The Bertz CT molecular complexity index is 1140. The van der Waals surface area contributed by atoms with Crippen LogP contribution >= 0.6 is 11.3 Å². The fraction of sp³-hybridized carbons (Fsp3) is 0.316. The summed E-state index contributed by atoms with van der Waals surface area (Å²) in [5.41, 5.74) is 2.25. The normalized spacial score (nSPS) is 18.3. The second-order valence-electron chi connectivity index (χ2n) is 6.79. The van der Waals surface area contributed by atoms with Crippen LogP contribution in [0, 0.1) is 0 Å². The maximum absolute atomic E-state index is 12.5. The third kappa shape index (κ3) is 2.31. The molecule has 1 fully saturated rings. The van der Waals surface area contributed by atoms with Crippen molar-refractivity contribution in [2.75, 3.05) is 6.54 Å². The minimum atomic E-state index is -0.00946. The van der Waals surface area contributed by atoms with E-state index in [1.54, 1.807) is 11.6 Å². The first-order valence-corrected chi connectivity index (χ1v) is 9.71. The first kappa shape index (κ1) is 15.7. The predicted molar refractivity (Wildman–Crippen MR) is 102 cm³/mol. The molecule has 1 unspecified atom stereocenters. The summed E-state index contributed by atoms with van der Waals surface area (Å²) in [5, 5.41) is 10.7. The molecule has 1 saturated heterocycles. The zero-order chi connectivity index (χ0) is 17.7. The van der Waals surface area contributed by atoms with E-state index in [2.05, 4.69) is 45.4 Å². The van der Waals surface area contributed by atoms with E-state index in [1.807, 2.05) is 15.8 Å². The summed E-state index contributed by atoms with van der Waals surface area (Å²) >= 11 is 1.47. The molecular formula is C19H19N5OS. The van der Waals surface area contributed by atoms with Gasteiger partial charge in [0.25, 0.3) is 5.56 Å². The van der Waals surface area contributed by atoms with Crippen LogP contribution in [0.4, 0.5) is 0 Å². The van der Waals surface area contributed by atoms with E-state index < -0.39 is 0 Å². The van der Waals surface area contributed by atoms with Gasteiger partial charge in [0.05, 0.1) is 12.1 Å². The van der Waals surface area contributed by atoms with Gasteiger partial charge in [-0.25, -0.2) is 0 Å². The van der Waals surface area contributed by atoms with E-state index in [4.69, 9.17) is 0 Å². The molecule has 132 valence electrons. The fourth-order valence-corrected chi connectivity index (χ4v) is 4.86. The number of aryl methyl sites for hydroxylation is 1. The Morgan fingerprint density at radius 1 is 1.19 bits per heavy atom. The number of fused-ring (bicyclic) bond motifs is 3. The first-order chi connectivity index (χ1) is 12.7. The summed E-state index contributed by atoms with van der Waals surface area (Å²) in [4.78, 5) is 14.9. The molecule has 0 spiro atoms. The highest BCUT2D eigenvalue weighted by atomic mass is 32.1. The van der Waals surface area contributed by atoms with Crippen molar-refractivity contribution >= 4 is 27.3 Å². The molecule has 0 saturated carbocycles. The van der Waals surface area contributed by atoms with Crippen LogP contribution in [-0.2, 0) is 13.6 Å². The maximum atomic E-state index is 12.5. The average Bonchev–Trinajstić information content (AvgIpc) is 3.40. The van der Waals surface area contributed by atoms with Crippen molar-refractivity contribution in [2.24, 2.45) is 7.05 Å². The highest BCUT2D eigenvalue weighted by Gasteiger charge is 2.27. The van der Waals surface area contributed by atoms with Crippen molar-refractivity contribution < 1.29 is 0 Å². The molecule has 1 aromatic carbocycles. The van der Waals surface area contributed by atoms with Crippen LogP contribution in [0.1, 0.15) is 30.3 Å². The van der Waals surface area contributed by atoms with Crippen molar-refractivity contribution in [1.29, 1.82) is 0 Å². The molecule has 0 bridgehead atoms. The molecule has 1 aliphatic heterocycles. The van der Waals surface area contributed by atoms with Crippen LogP contribution in [0.3, 0.4) is 0 Å². The summed E-state index contributed by atoms with van der Waals surface area (Å²) in [6.45, 7) is 1.77. The van der Waals surface area contributed by atoms with Gasteiger partial charge in [0.1, 0.15) is 4.70 Å². The third-order valence-corrected chi connectivity index (χ3v) is 6.18. The van der Waals surface area contributed by atoms with Crippen molar-refractivity contribution in [1.82, 2.24) is 24.1 Å². The Kier molecular flexibility index (Phi) is 3.65. The Balaban J connectivity index is 1.59. The number of likely N-dealkylation sites (tertiary alicyclic amines) is 1. The zero-order valence-electron chi connectivity index (χ0n) is 14.5. The van der Waals surface area contributed by atoms with Gasteiger partial charge in [-0.2, -0.15) is 0 Å². The molecule has 6 nitrogen and oxygen atoms in total. The molecule has 1 aliphatic rings. The predicted octanol–water partition coefficient (Wildman–Crippen LogP) is 2.98. The lowest BCUT2D eigenvalue weighted by Gasteiger charge is -2.24. The number of rotatable bonds is 3. The highest BCUT2D eigenvalue weighted by Crippen LogP contribution is 2.33. The van der Waals surface area contributed by atoms with E-state index in [9.17, 15) is 4.79 Å². The van der Waals surface area contributed by atoms with Crippen LogP contribution < -0.4 is 5.56 Å². The zero-order valence-corrected chi connectivity index (χ0v) is 15.3. The molecule has 5 rings (SSSR count). The number of hydrogen-bond donors (Lipinski definition) is 0. The number of hydrogen-bond acceptors (Lipinski definition) is 5. The smallest absolute Gasteiger partial charge is 0.272 e. The molecule has 4 aromatic rings. The summed E-state index contributed by atoms with van der Waals surface area (Å²) < 4.78 is 4.38. The molecular weight excluding hydrogens is 346 g/mol. The van der Waals surface area contributed by atoms with Gasteiger partial charge in [0.15, 0.2) is 5.82 Å². The minimum absolute atomic E-state index is 0.00946. The fourth-order valence-electron chi connectivity index (χ4n) is 4.00. The van der Waals surface area contributed by atoms with Gasteiger partial charge < -0.3 is 0 Å². The van der Waals surface area contributed by atoms with Crippen LogP contribution in [0.5, 0.6) is 0 Å². The minimum Gasteiger partial charge on any atom is -0.289 e. The monoisotopic (exact) mass is 365 g/mol. The van der Waals surface area contributed by atoms with Crippen molar-refractivity contribution in [3.8, 4) is 0 Å². The lowest BCUT2D eigenvalue weighted by Crippen LogP contribution is -2.25. The van der Waals surface area contributed by atoms with Gasteiger partial charge in [-0.3, -0.25) is 18.7 Å². The topological polar surface area (TPSA) is 55.4 Å². The van der Waals surface area contributed by atoms with Gasteiger partial charge in [0, 0.05) is 13.1 Å². The van der Waals surface area contributed by atoms with E-state index in [-0.39, 0.29) is 5.56 Å². The van der Waals surface area contributed by atoms with Crippen LogP contribution in [-0.4, -0.2) is 30.6 Å². The summed E-state index contributed by atoms with van der Waals surface area (Å²) in [6.07, 6.45) is 2.34. The Morgan fingerprint density at radius 2 is 2.04 bits per heavy atom. The molecule has 1 atom stereocenters. The molecule has 0 amide bonds. The van der Waals surface area contributed by atoms with E-state index in [0.717, 1.165) is 35.6 Å². The molecule has 0 N–H and O–H groups in total. The van der Waals surface area contributed by atoms with E-state index >= 15 is 0 Å². The number of benzene rings is 1. The maximum Gasteiger partial charge on any atom is 0.272 e. The van der Waals surface area contributed by atoms with Gasteiger partial charge in [-0.05, 0) is 36.4 Å². The lowest BCUT2D eigenvalue weighted by atomic mass is 10.0. The lowest BCUT2D eigenvalue weighted by molar-refractivity contribution is 0.241. The second kappa shape index (κ2) is 6.03.